The Morgan fingerprint density at radius 3 is 2.55 bits per heavy atom. The van der Waals surface area contributed by atoms with Gasteiger partial charge in [-0.3, -0.25) is 5.32 Å². The molecule has 1 aromatic rings. The van der Waals surface area contributed by atoms with Gasteiger partial charge >= 0.3 is 12.1 Å². The average Bonchev–Trinajstić information content (AvgIpc) is 2.39. The van der Waals surface area contributed by atoms with Crippen molar-refractivity contribution < 1.29 is 19.1 Å². The highest BCUT2D eigenvalue weighted by Crippen LogP contribution is 2.15. The molecular formula is C15H19NO4. The van der Waals surface area contributed by atoms with Crippen LogP contribution in [0.15, 0.2) is 42.1 Å². The Bertz CT molecular complexity index is 482. The maximum atomic E-state index is 11.7. The monoisotopic (exact) mass is 277 g/mol. The molecule has 0 fully saturated rings. The molecule has 0 aromatic heterocycles. The van der Waals surface area contributed by atoms with E-state index in [1.54, 1.807) is 20.8 Å². The molecule has 0 aliphatic rings. The molecule has 0 bridgehead atoms. The van der Waals surface area contributed by atoms with E-state index in [-0.39, 0.29) is 12.7 Å². The highest BCUT2D eigenvalue weighted by molar-refractivity contribution is 5.83. The van der Waals surface area contributed by atoms with Crippen LogP contribution < -0.4 is 5.32 Å². The van der Waals surface area contributed by atoms with E-state index in [1.807, 2.05) is 30.3 Å². The molecule has 1 amide bonds. The lowest BCUT2D eigenvalue weighted by Crippen LogP contribution is -2.24. The van der Waals surface area contributed by atoms with Gasteiger partial charge in [-0.15, -0.1) is 0 Å². The molecule has 1 N–H and O–H groups in total. The van der Waals surface area contributed by atoms with E-state index in [0.29, 0.717) is 5.70 Å². The van der Waals surface area contributed by atoms with Crippen LogP contribution in [0.4, 0.5) is 4.79 Å². The summed E-state index contributed by atoms with van der Waals surface area (Å²) in [7, 11) is 0. The molecule has 108 valence electrons. The van der Waals surface area contributed by atoms with Gasteiger partial charge in [0.25, 0.3) is 0 Å². The molecule has 0 aliphatic carbocycles. The number of esters is 1. The molecule has 1 unspecified atom stereocenters. The van der Waals surface area contributed by atoms with E-state index in [1.165, 1.54) is 6.08 Å². The van der Waals surface area contributed by atoms with Crippen LogP contribution in [-0.4, -0.2) is 18.7 Å². The van der Waals surface area contributed by atoms with E-state index >= 15 is 0 Å². The smallest absolute Gasteiger partial charge is 0.411 e. The molecule has 0 heterocycles. The molecular weight excluding hydrogens is 258 g/mol. The number of carbonyl (C=O) groups is 2. The Labute approximate surface area is 118 Å². The molecule has 1 atom stereocenters. The number of amides is 1. The van der Waals surface area contributed by atoms with Crippen LogP contribution in [-0.2, 0) is 14.3 Å². The predicted octanol–water partition coefficient (Wildman–Crippen LogP) is 2.94. The van der Waals surface area contributed by atoms with Gasteiger partial charge in [-0.1, -0.05) is 30.3 Å². The van der Waals surface area contributed by atoms with Crippen LogP contribution in [0.1, 0.15) is 32.4 Å². The number of nitrogens with one attached hydrogen (secondary N) is 1. The van der Waals surface area contributed by atoms with Crippen molar-refractivity contribution in [3.8, 4) is 0 Å². The van der Waals surface area contributed by atoms with Crippen molar-refractivity contribution in [2.45, 2.75) is 26.9 Å². The summed E-state index contributed by atoms with van der Waals surface area (Å²) in [4.78, 5) is 22.8. The summed E-state index contributed by atoms with van der Waals surface area (Å²) in [5, 5.41) is 2.47. The first kappa shape index (κ1) is 15.8. The van der Waals surface area contributed by atoms with Gasteiger partial charge in [-0.05, 0) is 26.3 Å². The summed E-state index contributed by atoms with van der Waals surface area (Å²) in [5.74, 6) is -0.499. The van der Waals surface area contributed by atoms with Gasteiger partial charge in [0.05, 0.1) is 6.61 Å². The standard InChI is InChI=1S/C15H19NO4/c1-4-19-14(17)10-11(2)16-15(18)20-12(3)13-8-6-5-7-9-13/h5-10,12H,4H2,1-3H3,(H,16,18). The van der Waals surface area contributed by atoms with Crippen molar-refractivity contribution in [3.63, 3.8) is 0 Å². The lowest BCUT2D eigenvalue weighted by atomic mass is 10.1. The topological polar surface area (TPSA) is 64.6 Å². The molecule has 0 saturated heterocycles. The summed E-state index contributed by atoms with van der Waals surface area (Å²) >= 11 is 0. The van der Waals surface area contributed by atoms with Gasteiger partial charge in [-0.25, -0.2) is 9.59 Å². The lowest BCUT2D eigenvalue weighted by molar-refractivity contribution is -0.137. The van der Waals surface area contributed by atoms with E-state index in [4.69, 9.17) is 9.47 Å². The van der Waals surface area contributed by atoms with Crippen LogP contribution >= 0.6 is 0 Å². The number of hydrogen-bond acceptors (Lipinski definition) is 4. The zero-order valence-corrected chi connectivity index (χ0v) is 11.9. The maximum Gasteiger partial charge on any atom is 0.411 e. The van der Waals surface area contributed by atoms with Gasteiger partial charge in [-0.2, -0.15) is 0 Å². The zero-order valence-electron chi connectivity index (χ0n) is 11.9. The van der Waals surface area contributed by atoms with Gasteiger partial charge in [0.1, 0.15) is 6.10 Å². The Balaban J connectivity index is 2.49. The fourth-order valence-electron chi connectivity index (χ4n) is 1.54. The molecule has 0 saturated carbocycles. The maximum absolute atomic E-state index is 11.7. The first-order valence-electron chi connectivity index (χ1n) is 6.40. The summed E-state index contributed by atoms with van der Waals surface area (Å²) in [6.45, 7) is 5.37. The quantitative estimate of drug-likeness (QED) is 0.664. The highest BCUT2D eigenvalue weighted by atomic mass is 16.6. The first-order valence-corrected chi connectivity index (χ1v) is 6.40. The number of alkyl carbamates (subject to hydrolysis) is 1. The Morgan fingerprint density at radius 1 is 1.30 bits per heavy atom. The number of ether oxygens (including phenoxy) is 2. The van der Waals surface area contributed by atoms with Gasteiger partial charge in [0, 0.05) is 11.8 Å². The van der Waals surface area contributed by atoms with Crippen molar-refractivity contribution >= 4 is 12.1 Å². The van der Waals surface area contributed by atoms with Crippen LogP contribution in [0.3, 0.4) is 0 Å². The van der Waals surface area contributed by atoms with E-state index in [2.05, 4.69) is 5.32 Å². The molecule has 0 spiro atoms. The lowest BCUT2D eigenvalue weighted by Gasteiger charge is -2.14. The number of carbonyl (C=O) groups excluding carboxylic acids is 2. The Hall–Kier alpha value is -2.30. The highest BCUT2D eigenvalue weighted by Gasteiger charge is 2.11. The van der Waals surface area contributed by atoms with E-state index in [9.17, 15) is 9.59 Å². The van der Waals surface area contributed by atoms with Crippen LogP contribution in [0.5, 0.6) is 0 Å². The third kappa shape index (κ3) is 5.56. The third-order valence-corrected chi connectivity index (χ3v) is 2.47. The van der Waals surface area contributed by atoms with Crippen LogP contribution in [0.2, 0.25) is 0 Å². The van der Waals surface area contributed by atoms with Crippen molar-refractivity contribution in [3.05, 3.63) is 47.7 Å². The average molecular weight is 277 g/mol. The molecule has 1 rings (SSSR count). The number of hydrogen-bond donors (Lipinski definition) is 1. The second-order valence-electron chi connectivity index (χ2n) is 4.16. The number of rotatable bonds is 5. The predicted molar refractivity (Wildman–Crippen MR) is 74.9 cm³/mol. The first-order chi connectivity index (χ1) is 9.52. The minimum absolute atomic E-state index is 0.290. The number of benzene rings is 1. The van der Waals surface area contributed by atoms with Crippen molar-refractivity contribution in [2.75, 3.05) is 6.61 Å². The van der Waals surface area contributed by atoms with Crippen LogP contribution in [0, 0.1) is 0 Å². The third-order valence-electron chi connectivity index (χ3n) is 2.47. The fourth-order valence-corrected chi connectivity index (χ4v) is 1.54. The molecule has 5 nitrogen and oxygen atoms in total. The Kier molecular flexibility index (Phi) is 6.29. The summed E-state index contributed by atoms with van der Waals surface area (Å²) in [5.41, 5.74) is 1.27. The SMILES string of the molecule is CCOC(=O)C=C(C)NC(=O)OC(C)c1ccccc1. The van der Waals surface area contributed by atoms with Crippen molar-refractivity contribution in [2.24, 2.45) is 0 Å². The van der Waals surface area contributed by atoms with Crippen molar-refractivity contribution in [1.29, 1.82) is 0 Å². The van der Waals surface area contributed by atoms with E-state index in [0.717, 1.165) is 5.56 Å². The fraction of sp³-hybridized carbons (Fsp3) is 0.333. The number of allylic oxidation sites excluding steroid dienone is 1. The van der Waals surface area contributed by atoms with Crippen LogP contribution in [0.25, 0.3) is 0 Å². The second kappa shape index (κ2) is 7.99. The minimum Gasteiger partial charge on any atom is -0.463 e. The summed E-state index contributed by atoms with van der Waals surface area (Å²) < 4.78 is 9.94. The normalized spacial score (nSPS) is 12.4. The Morgan fingerprint density at radius 2 is 1.95 bits per heavy atom. The van der Waals surface area contributed by atoms with Gasteiger partial charge in [0.2, 0.25) is 0 Å². The van der Waals surface area contributed by atoms with Crippen molar-refractivity contribution in [1.82, 2.24) is 5.32 Å². The molecule has 20 heavy (non-hydrogen) atoms. The zero-order chi connectivity index (χ0) is 15.0. The van der Waals surface area contributed by atoms with Gasteiger partial charge < -0.3 is 9.47 Å². The van der Waals surface area contributed by atoms with E-state index < -0.39 is 12.1 Å². The molecule has 5 heteroatoms. The molecule has 1 aromatic carbocycles. The second-order valence-corrected chi connectivity index (χ2v) is 4.16. The summed E-state index contributed by atoms with van der Waals surface area (Å²) in [6.07, 6.45) is 0.226. The van der Waals surface area contributed by atoms with Gasteiger partial charge in [0.15, 0.2) is 0 Å². The summed E-state index contributed by atoms with van der Waals surface area (Å²) in [6, 6.07) is 9.39. The molecule has 0 radical (unpaired) electrons. The largest absolute Gasteiger partial charge is 0.463 e. The molecule has 0 aliphatic heterocycles. The minimum atomic E-state index is -0.612.